The Morgan fingerprint density at radius 1 is 0.781 bits per heavy atom. The van der Waals surface area contributed by atoms with E-state index >= 15 is 0 Å². The van der Waals surface area contributed by atoms with Crippen molar-refractivity contribution in [1.29, 1.82) is 16.2 Å². The zero-order valence-electron chi connectivity index (χ0n) is 20.4. The standard InChI is InChI=1S/C17H39N15/c1-24-13(20)32(8)16(23)29(5)11-30(6)17(31(7)12(18)19)25-9-10-28(4)15(22)26-14(21)27(2)3/h23H,9-11H2,1-8H3,(H3,18,19)(H2,20,24)(H3,21,22,26)/b23-16?,25-17+. The summed E-state index contributed by atoms with van der Waals surface area (Å²) in [6, 6.07) is 0. The normalized spacial score (nSPS) is 12.2. The van der Waals surface area contributed by atoms with Gasteiger partial charge in [-0.2, -0.15) is 4.99 Å². The lowest BCUT2D eigenvalue weighted by Crippen LogP contribution is -2.53. The third-order valence-corrected chi connectivity index (χ3v) is 4.40. The van der Waals surface area contributed by atoms with Crippen molar-refractivity contribution in [3.8, 4) is 0 Å². The number of aliphatic imine (C=N–C) groups is 3. The monoisotopic (exact) mass is 453 g/mol. The highest BCUT2D eigenvalue weighted by Crippen LogP contribution is 2.00. The van der Waals surface area contributed by atoms with Crippen molar-refractivity contribution in [1.82, 2.24) is 29.4 Å². The fourth-order valence-electron chi connectivity index (χ4n) is 2.26. The summed E-state index contributed by atoms with van der Waals surface area (Å²) in [5, 5.41) is 23.8. The molecule has 0 fully saturated rings. The third kappa shape index (κ3) is 8.53. The Labute approximate surface area is 190 Å². The maximum absolute atomic E-state index is 8.28. The second-order valence-corrected chi connectivity index (χ2v) is 7.24. The van der Waals surface area contributed by atoms with Crippen molar-refractivity contribution in [3.63, 3.8) is 0 Å². The van der Waals surface area contributed by atoms with Crippen LogP contribution in [0.15, 0.2) is 15.0 Å². The molecule has 0 aromatic heterocycles. The average Bonchev–Trinajstić information content (AvgIpc) is 2.73. The van der Waals surface area contributed by atoms with Gasteiger partial charge in [-0.3, -0.25) is 36.0 Å². The van der Waals surface area contributed by atoms with Gasteiger partial charge in [0.15, 0.2) is 17.9 Å². The number of hydrogen-bond donors (Lipinski definition) is 6. The van der Waals surface area contributed by atoms with Crippen LogP contribution in [0.25, 0.3) is 0 Å². The Hall–Kier alpha value is -3.78. The van der Waals surface area contributed by atoms with E-state index in [-0.39, 0.29) is 36.5 Å². The number of nitrogens with zero attached hydrogens (tertiary/aromatic N) is 9. The van der Waals surface area contributed by atoms with E-state index in [2.05, 4.69) is 15.0 Å². The Morgan fingerprint density at radius 2 is 1.34 bits per heavy atom. The van der Waals surface area contributed by atoms with Gasteiger partial charge in [0.25, 0.3) is 0 Å². The van der Waals surface area contributed by atoms with Crippen molar-refractivity contribution in [2.75, 3.05) is 76.1 Å². The molecule has 32 heavy (non-hydrogen) atoms. The van der Waals surface area contributed by atoms with Crippen LogP contribution in [0.2, 0.25) is 0 Å². The van der Waals surface area contributed by atoms with E-state index in [4.69, 9.17) is 33.4 Å². The molecule has 15 heteroatoms. The van der Waals surface area contributed by atoms with Crippen LogP contribution >= 0.6 is 0 Å². The van der Waals surface area contributed by atoms with Crippen LogP contribution < -0.4 is 17.2 Å². The second-order valence-electron chi connectivity index (χ2n) is 7.24. The summed E-state index contributed by atoms with van der Waals surface area (Å²) in [6.45, 7) is 1.03. The second kappa shape index (κ2) is 12.8. The number of rotatable bonds is 5. The van der Waals surface area contributed by atoms with Crippen molar-refractivity contribution >= 4 is 35.8 Å². The molecule has 0 aliphatic rings. The van der Waals surface area contributed by atoms with E-state index < -0.39 is 0 Å². The van der Waals surface area contributed by atoms with E-state index in [0.29, 0.717) is 19.0 Å². The zero-order chi connectivity index (χ0) is 25.2. The predicted octanol–water partition coefficient (Wildman–Crippen LogP) is -2.46. The topological polar surface area (TPSA) is 206 Å². The van der Waals surface area contributed by atoms with E-state index in [0.717, 1.165) is 0 Å². The highest BCUT2D eigenvalue weighted by molar-refractivity contribution is 5.97. The molecule has 0 heterocycles. The average molecular weight is 454 g/mol. The molecule has 15 nitrogen and oxygen atoms in total. The lowest BCUT2D eigenvalue weighted by atomic mass is 10.5. The summed E-state index contributed by atoms with van der Waals surface area (Å²) in [6.07, 6.45) is 0. The molecular weight excluding hydrogens is 414 g/mol. The highest BCUT2D eigenvalue weighted by Gasteiger charge is 2.19. The molecule has 0 atom stereocenters. The van der Waals surface area contributed by atoms with Gasteiger partial charge in [0.1, 0.15) is 0 Å². The molecule has 0 rings (SSSR count). The molecule has 0 aromatic rings. The van der Waals surface area contributed by atoms with Crippen LogP contribution in [0.4, 0.5) is 0 Å². The van der Waals surface area contributed by atoms with Gasteiger partial charge in [-0.1, -0.05) is 0 Å². The number of nitrogens with two attached hydrogens (primary N) is 3. The number of guanidine groups is 6. The van der Waals surface area contributed by atoms with Gasteiger partial charge in [0.05, 0.1) is 13.2 Å². The maximum atomic E-state index is 8.28. The first-order valence-electron chi connectivity index (χ1n) is 9.64. The smallest absolute Gasteiger partial charge is 0.220 e. The molecule has 0 radical (unpaired) electrons. The van der Waals surface area contributed by atoms with E-state index in [9.17, 15) is 0 Å². The summed E-state index contributed by atoms with van der Waals surface area (Å²) < 4.78 is 0. The van der Waals surface area contributed by atoms with Crippen molar-refractivity contribution in [3.05, 3.63) is 0 Å². The lowest BCUT2D eigenvalue weighted by molar-refractivity contribution is 0.305. The molecule has 0 spiro atoms. The SMILES string of the molecule is C/N=C(\N)N(C)C(=N)N(C)CN(C)/C(=N\CCN(C)/C(N)=N/C(=N)N(C)C)N(C)C(=N)N. The van der Waals surface area contributed by atoms with Crippen LogP contribution in [-0.4, -0.2) is 141 Å². The quantitative estimate of drug-likeness (QED) is 0.148. The summed E-state index contributed by atoms with van der Waals surface area (Å²) >= 11 is 0. The number of nitrogens with one attached hydrogen (secondary N) is 3. The Morgan fingerprint density at radius 3 is 1.81 bits per heavy atom. The Kier molecular flexibility index (Phi) is 11.3. The molecule has 9 N–H and O–H groups in total. The molecule has 0 unspecified atom stereocenters. The summed E-state index contributed by atoms with van der Waals surface area (Å²) in [7, 11) is 13.5. The van der Waals surface area contributed by atoms with Gasteiger partial charge >= 0.3 is 0 Å². The molecule has 182 valence electrons. The van der Waals surface area contributed by atoms with Crippen LogP contribution in [0.5, 0.6) is 0 Å². The highest BCUT2D eigenvalue weighted by atomic mass is 15.5. The lowest BCUT2D eigenvalue weighted by Gasteiger charge is -2.34. The van der Waals surface area contributed by atoms with Gasteiger partial charge in [0.2, 0.25) is 17.9 Å². The fraction of sp³-hybridized carbons (Fsp3) is 0.647. The molecule has 0 aliphatic heterocycles. The summed E-state index contributed by atoms with van der Waals surface area (Å²) in [5.41, 5.74) is 17.4. The molecule has 0 aromatic carbocycles. The summed E-state index contributed by atoms with van der Waals surface area (Å²) in [4.78, 5) is 22.0. The van der Waals surface area contributed by atoms with Gasteiger partial charge in [-0.05, 0) is 0 Å². The minimum atomic E-state index is -0.179. The van der Waals surface area contributed by atoms with Crippen LogP contribution in [0.1, 0.15) is 0 Å². The molecule has 0 bridgehead atoms. The fourth-order valence-corrected chi connectivity index (χ4v) is 2.26. The Bertz CT molecular complexity index is 753. The maximum Gasteiger partial charge on any atom is 0.220 e. The number of hydrogen-bond acceptors (Lipinski definition) is 5. The van der Waals surface area contributed by atoms with Crippen LogP contribution in [0, 0.1) is 16.2 Å². The van der Waals surface area contributed by atoms with Crippen molar-refractivity contribution in [2.45, 2.75) is 0 Å². The van der Waals surface area contributed by atoms with Gasteiger partial charge in [0, 0.05) is 62.9 Å². The Balaban J connectivity index is 5.37. The van der Waals surface area contributed by atoms with E-state index in [1.807, 2.05) is 0 Å². The first-order valence-corrected chi connectivity index (χ1v) is 9.64. The van der Waals surface area contributed by atoms with Crippen molar-refractivity contribution < 1.29 is 0 Å². The predicted molar refractivity (Wildman–Crippen MR) is 131 cm³/mol. The van der Waals surface area contributed by atoms with E-state index in [1.54, 1.807) is 76.0 Å². The first-order chi connectivity index (χ1) is 14.7. The minimum absolute atomic E-state index is 0.0406. The third-order valence-electron chi connectivity index (χ3n) is 4.40. The van der Waals surface area contributed by atoms with Gasteiger partial charge in [-0.15, -0.1) is 0 Å². The molecule has 0 aliphatic carbocycles. The van der Waals surface area contributed by atoms with Crippen LogP contribution in [0.3, 0.4) is 0 Å². The molecule has 0 saturated carbocycles. The molecular formula is C17H39N15. The molecule has 0 amide bonds. The van der Waals surface area contributed by atoms with Crippen molar-refractivity contribution in [2.24, 2.45) is 32.2 Å². The summed E-state index contributed by atoms with van der Waals surface area (Å²) in [5.74, 6) is 0.836. The van der Waals surface area contributed by atoms with E-state index in [1.165, 1.54) is 9.80 Å². The van der Waals surface area contributed by atoms with Gasteiger partial charge in [-0.25, -0.2) is 0 Å². The zero-order valence-corrected chi connectivity index (χ0v) is 20.4. The van der Waals surface area contributed by atoms with Gasteiger partial charge < -0.3 is 36.8 Å². The molecule has 0 saturated heterocycles. The van der Waals surface area contributed by atoms with Crippen LogP contribution in [-0.2, 0) is 0 Å². The largest absolute Gasteiger partial charge is 0.370 e. The first kappa shape index (κ1) is 28.2. The number of likely N-dealkylation sites (N-methyl/N-ethyl adjacent to an activating group) is 1. The minimum Gasteiger partial charge on any atom is -0.370 e.